The first kappa shape index (κ1) is 12.0. The minimum Gasteiger partial charge on any atom is -0.304 e. The lowest BCUT2D eigenvalue weighted by Gasteiger charge is -2.06. The van der Waals surface area contributed by atoms with Crippen LogP contribution in [0.15, 0.2) is 21.5 Å². The minimum atomic E-state index is -0.186. The van der Waals surface area contributed by atoms with Gasteiger partial charge in [0.25, 0.3) is 5.56 Å². The van der Waals surface area contributed by atoms with Crippen molar-refractivity contribution in [2.75, 3.05) is 0 Å². The highest BCUT2D eigenvalue weighted by atomic mass is 79.9. The summed E-state index contributed by atoms with van der Waals surface area (Å²) in [6.07, 6.45) is 1.76. The molecule has 2 aromatic rings. The van der Waals surface area contributed by atoms with Gasteiger partial charge < -0.3 is 4.98 Å². The standard InChI is InChI=1S/C12H12BrN3O/c1-6-4-7(2)10(14-5-6)11-15-8(3)9(13)12(17)16-11/h4-5H,1-3H3,(H,15,16,17). The lowest BCUT2D eigenvalue weighted by atomic mass is 10.1. The Hall–Kier alpha value is -1.49. The van der Waals surface area contributed by atoms with Gasteiger partial charge in [0.05, 0.1) is 5.69 Å². The number of aromatic amines is 1. The summed E-state index contributed by atoms with van der Waals surface area (Å²) in [5.41, 5.74) is 3.26. The van der Waals surface area contributed by atoms with Gasteiger partial charge in [-0.15, -0.1) is 0 Å². The van der Waals surface area contributed by atoms with Gasteiger partial charge in [0, 0.05) is 6.20 Å². The third-order valence-corrected chi connectivity index (χ3v) is 3.40. The van der Waals surface area contributed by atoms with E-state index in [-0.39, 0.29) is 5.56 Å². The first-order valence-electron chi connectivity index (χ1n) is 5.19. The molecule has 0 atom stereocenters. The molecule has 0 bridgehead atoms. The smallest absolute Gasteiger partial charge is 0.265 e. The predicted octanol–water partition coefficient (Wildman–Crippen LogP) is 2.52. The molecule has 0 amide bonds. The van der Waals surface area contributed by atoms with Crippen molar-refractivity contribution in [3.63, 3.8) is 0 Å². The maximum atomic E-state index is 11.6. The highest BCUT2D eigenvalue weighted by molar-refractivity contribution is 9.10. The van der Waals surface area contributed by atoms with Crippen LogP contribution in [0.1, 0.15) is 16.8 Å². The number of hydrogen-bond acceptors (Lipinski definition) is 3. The van der Waals surface area contributed by atoms with Gasteiger partial charge >= 0.3 is 0 Å². The Balaban J connectivity index is 2.65. The Bertz CT molecular complexity index is 634. The summed E-state index contributed by atoms with van der Waals surface area (Å²) in [5, 5.41) is 0. The van der Waals surface area contributed by atoms with Crippen LogP contribution in [-0.2, 0) is 0 Å². The van der Waals surface area contributed by atoms with E-state index >= 15 is 0 Å². The number of aryl methyl sites for hydroxylation is 3. The van der Waals surface area contributed by atoms with Crippen LogP contribution in [-0.4, -0.2) is 15.0 Å². The van der Waals surface area contributed by atoms with E-state index in [1.165, 1.54) is 0 Å². The van der Waals surface area contributed by atoms with Crippen molar-refractivity contribution in [1.82, 2.24) is 15.0 Å². The number of aromatic nitrogens is 3. The molecule has 4 nitrogen and oxygen atoms in total. The average molecular weight is 294 g/mol. The van der Waals surface area contributed by atoms with Crippen molar-refractivity contribution < 1.29 is 0 Å². The first-order valence-corrected chi connectivity index (χ1v) is 5.98. The van der Waals surface area contributed by atoms with Gasteiger partial charge in [-0.05, 0) is 47.8 Å². The zero-order chi connectivity index (χ0) is 12.6. The van der Waals surface area contributed by atoms with E-state index in [0.29, 0.717) is 21.7 Å². The van der Waals surface area contributed by atoms with E-state index in [1.807, 2.05) is 19.9 Å². The Labute approximate surface area is 107 Å². The minimum absolute atomic E-state index is 0.186. The monoisotopic (exact) mass is 293 g/mol. The van der Waals surface area contributed by atoms with E-state index in [4.69, 9.17) is 0 Å². The Morgan fingerprint density at radius 1 is 1.29 bits per heavy atom. The zero-order valence-electron chi connectivity index (χ0n) is 9.84. The molecule has 0 fully saturated rings. The van der Waals surface area contributed by atoms with Gasteiger partial charge in [0.15, 0.2) is 5.82 Å². The highest BCUT2D eigenvalue weighted by Gasteiger charge is 2.10. The Morgan fingerprint density at radius 3 is 2.59 bits per heavy atom. The summed E-state index contributed by atoms with van der Waals surface area (Å²) < 4.78 is 0.464. The van der Waals surface area contributed by atoms with Crippen molar-refractivity contribution in [3.05, 3.63) is 43.9 Å². The molecule has 0 aromatic carbocycles. The van der Waals surface area contributed by atoms with Crippen LogP contribution >= 0.6 is 15.9 Å². The van der Waals surface area contributed by atoms with Crippen LogP contribution in [0, 0.1) is 20.8 Å². The predicted molar refractivity (Wildman–Crippen MR) is 70.0 cm³/mol. The van der Waals surface area contributed by atoms with Crippen molar-refractivity contribution in [1.29, 1.82) is 0 Å². The number of H-pyrrole nitrogens is 1. The Morgan fingerprint density at radius 2 is 2.00 bits per heavy atom. The molecular formula is C12H12BrN3O. The van der Waals surface area contributed by atoms with Crippen LogP contribution < -0.4 is 5.56 Å². The number of halogens is 1. The maximum Gasteiger partial charge on any atom is 0.265 e. The second kappa shape index (κ2) is 4.41. The van der Waals surface area contributed by atoms with Gasteiger partial charge in [-0.3, -0.25) is 9.78 Å². The van der Waals surface area contributed by atoms with Gasteiger partial charge in [-0.1, -0.05) is 6.07 Å². The summed E-state index contributed by atoms with van der Waals surface area (Å²) in [6.45, 7) is 5.71. The quantitative estimate of drug-likeness (QED) is 0.879. The number of nitrogens with zero attached hydrogens (tertiary/aromatic N) is 2. The molecule has 1 N–H and O–H groups in total. The molecule has 0 aliphatic heterocycles. The maximum absolute atomic E-state index is 11.6. The van der Waals surface area contributed by atoms with Gasteiger partial charge in [0.2, 0.25) is 0 Å². The van der Waals surface area contributed by atoms with Crippen molar-refractivity contribution in [2.24, 2.45) is 0 Å². The molecular weight excluding hydrogens is 282 g/mol. The number of pyridine rings is 1. The lowest BCUT2D eigenvalue weighted by molar-refractivity contribution is 1.03. The summed E-state index contributed by atoms with van der Waals surface area (Å²) in [4.78, 5) is 23.0. The van der Waals surface area contributed by atoms with Gasteiger partial charge in [-0.25, -0.2) is 4.98 Å². The van der Waals surface area contributed by atoms with Crippen LogP contribution in [0.3, 0.4) is 0 Å². The molecule has 2 heterocycles. The third kappa shape index (κ3) is 2.29. The zero-order valence-corrected chi connectivity index (χ0v) is 11.4. The van der Waals surface area contributed by atoms with Gasteiger partial charge in [0.1, 0.15) is 10.2 Å². The largest absolute Gasteiger partial charge is 0.304 e. The van der Waals surface area contributed by atoms with Crippen molar-refractivity contribution in [2.45, 2.75) is 20.8 Å². The molecule has 0 aliphatic carbocycles. The molecule has 0 unspecified atom stereocenters. The van der Waals surface area contributed by atoms with E-state index < -0.39 is 0 Å². The summed E-state index contributed by atoms with van der Waals surface area (Å²) in [7, 11) is 0. The fourth-order valence-corrected chi connectivity index (χ4v) is 1.83. The summed E-state index contributed by atoms with van der Waals surface area (Å²) >= 11 is 3.19. The van der Waals surface area contributed by atoms with Crippen molar-refractivity contribution >= 4 is 15.9 Å². The summed E-state index contributed by atoms with van der Waals surface area (Å²) in [5.74, 6) is 0.508. The normalized spacial score (nSPS) is 10.6. The SMILES string of the molecule is Cc1cnc(-c2nc(C)c(Br)c(=O)[nH]2)c(C)c1. The van der Waals surface area contributed by atoms with Crippen LogP contribution in [0.2, 0.25) is 0 Å². The van der Waals surface area contributed by atoms with Gasteiger partial charge in [-0.2, -0.15) is 0 Å². The third-order valence-electron chi connectivity index (χ3n) is 2.47. The highest BCUT2D eigenvalue weighted by Crippen LogP contribution is 2.18. The molecule has 5 heteroatoms. The second-order valence-electron chi connectivity index (χ2n) is 3.99. The van der Waals surface area contributed by atoms with E-state index in [0.717, 1.165) is 11.1 Å². The van der Waals surface area contributed by atoms with Crippen LogP contribution in [0.25, 0.3) is 11.5 Å². The number of nitrogens with one attached hydrogen (secondary N) is 1. The second-order valence-corrected chi connectivity index (χ2v) is 4.79. The molecule has 2 aromatic heterocycles. The lowest BCUT2D eigenvalue weighted by Crippen LogP contribution is -2.12. The topological polar surface area (TPSA) is 58.6 Å². The fourth-order valence-electron chi connectivity index (χ4n) is 1.65. The number of rotatable bonds is 1. The van der Waals surface area contributed by atoms with E-state index in [1.54, 1.807) is 13.1 Å². The first-order chi connectivity index (χ1) is 7.99. The molecule has 88 valence electrons. The van der Waals surface area contributed by atoms with Crippen LogP contribution in [0.4, 0.5) is 0 Å². The van der Waals surface area contributed by atoms with E-state index in [2.05, 4.69) is 30.9 Å². The fraction of sp³-hybridized carbons (Fsp3) is 0.250. The summed E-state index contributed by atoms with van der Waals surface area (Å²) in [6, 6.07) is 2.01. The molecule has 2 rings (SSSR count). The van der Waals surface area contributed by atoms with Crippen molar-refractivity contribution in [3.8, 4) is 11.5 Å². The van der Waals surface area contributed by atoms with E-state index in [9.17, 15) is 4.79 Å². The molecule has 0 spiro atoms. The molecule has 0 saturated carbocycles. The van der Waals surface area contributed by atoms with Crippen LogP contribution in [0.5, 0.6) is 0 Å². The molecule has 0 saturated heterocycles. The number of hydrogen-bond donors (Lipinski definition) is 1. The molecule has 0 aliphatic rings. The molecule has 17 heavy (non-hydrogen) atoms. The Kier molecular flexibility index (Phi) is 3.11. The average Bonchev–Trinajstić information content (AvgIpc) is 2.25. The molecule has 0 radical (unpaired) electrons.